The van der Waals surface area contributed by atoms with Crippen molar-refractivity contribution < 1.29 is 17.7 Å². The number of aryl methyl sites for hydroxylation is 4. The summed E-state index contributed by atoms with van der Waals surface area (Å²) in [5, 5.41) is 13.3. The van der Waals surface area contributed by atoms with Crippen molar-refractivity contribution in [3.8, 4) is 0 Å². The molecule has 0 fully saturated rings. The number of hydrogen-bond acceptors (Lipinski definition) is 6. The molecule has 4 aromatic heterocycles. The minimum absolute atomic E-state index is 0.849. The highest BCUT2D eigenvalue weighted by Gasteiger charge is 2.24. The topological polar surface area (TPSA) is 59.0 Å². The van der Waals surface area contributed by atoms with Gasteiger partial charge in [-0.1, -0.05) is 83.9 Å². The summed E-state index contributed by atoms with van der Waals surface area (Å²) in [6, 6.07) is 69.3. The SMILES string of the molecule is Cc1ccc(N(c2ccc3cc4c(cc3c2)oc2c(C)c3oc5cc6cc(N(c7ccc(C)cc7)c7ccc8oc9ccccc9c8c7)ccc6cc5c3c(C)c24)c2ccc3oc4ccccc4c3c2)cc1. The third-order valence-corrected chi connectivity index (χ3v) is 15.0. The Kier molecular flexibility index (Phi) is 8.53. The number of nitrogens with zero attached hydrogens (tertiary/aromatic N) is 2. The quantitative estimate of drug-likeness (QED) is 0.166. The lowest BCUT2D eigenvalue weighted by Crippen LogP contribution is -2.09. The van der Waals surface area contributed by atoms with Crippen LogP contribution in [0, 0.1) is 27.7 Å². The minimum Gasteiger partial charge on any atom is -0.456 e. The van der Waals surface area contributed by atoms with Crippen molar-refractivity contribution in [2.75, 3.05) is 9.80 Å². The van der Waals surface area contributed by atoms with Gasteiger partial charge in [0, 0.05) is 82.8 Å². The predicted octanol–water partition coefficient (Wildman–Crippen LogP) is 19.8. The van der Waals surface area contributed by atoms with Crippen LogP contribution in [-0.4, -0.2) is 0 Å². The first-order chi connectivity index (χ1) is 35.3. The van der Waals surface area contributed by atoms with Crippen LogP contribution in [0.25, 0.3) is 109 Å². The van der Waals surface area contributed by atoms with Gasteiger partial charge in [0.15, 0.2) is 0 Å². The molecule has 0 saturated heterocycles. The lowest BCUT2D eigenvalue weighted by molar-refractivity contribution is 0.651. The number of para-hydroxylation sites is 2. The van der Waals surface area contributed by atoms with Gasteiger partial charge < -0.3 is 27.5 Å². The van der Waals surface area contributed by atoms with Gasteiger partial charge in [-0.3, -0.25) is 0 Å². The molecule has 0 radical (unpaired) electrons. The van der Waals surface area contributed by atoms with Crippen LogP contribution < -0.4 is 9.80 Å². The number of furan rings is 4. The summed E-state index contributed by atoms with van der Waals surface area (Å²) >= 11 is 0. The van der Waals surface area contributed by atoms with E-state index < -0.39 is 0 Å². The van der Waals surface area contributed by atoms with Crippen LogP contribution in [0.3, 0.4) is 0 Å². The van der Waals surface area contributed by atoms with Gasteiger partial charge in [0.05, 0.1) is 0 Å². The standard InChI is InChI=1S/C66H44N2O4/c1-37-13-19-45(20-14-37)67(49-25-27-59-53(35-49)51-9-5-7-11-57(51)69-59)47-23-17-41-31-55-61(33-43(41)29-47)71-65-40(4)66-64(39(3)63(55)65)56-32-42-18-24-48(30-44(42)34-62(56)72-66)68(46-21-15-38(2)16-22-46)50-26-28-60-54(36-50)52-10-6-8-12-58(52)70-60/h5-36H,1-4H3. The molecule has 0 unspecified atom stereocenters. The molecule has 15 aromatic rings. The molecule has 15 rings (SSSR count). The third-order valence-electron chi connectivity index (χ3n) is 15.0. The Morgan fingerprint density at radius 3 is 1.11 bits per heavy atom. The van der Waals surface area contributed by atoms with Crippen LogP contribution in [0.5, 0.6) is 0 Å². The van der Waals surface area contributed by atoms with E-state index in [0.29, 0.717) is 0 Å². The maximum atomic E-state index is 6.90. The van der Waals surface area contributed by atoms with Crippen LogP contribution in [0.1, 0.15) is 22.3 Å². The van der Waals surface area contributed by atoms with E-state index in [1.54, 1.807) is 0 Å². The summed E-state index contributed by atoms with van der Waals surface area (Å²) in [6.07, 6.45) is 0. The largest absolute Gasteiger partial charge is 0.456 e. The Morgan fingerprint density at radius 1 is 0.264 bits per heavy atom. The Balaban J connectivity index is 0.846. The summed E-state index contributed by atoms with van der Waals surface area (Å²) in [6.45, 7) is 8.59. The van der Waals surface area contributed by atoms with E-state index in [1.165, 1.54) is 11.1 Å². The molecule has 0 bridgehead atoms. The molecule has 0 aliphatic carbocycles. The molecule has 0 aliphatic heterocycles. The maximum absolute atomic E-state index is 6.90. The molecule has 6 nitrogen and oxygen atoms in total. The molecule has 0 amide bonds. The molecule has 0 saturated carbocycles. The van der Waals surface area contributed by atoms with E-state index in [1.807, 2.05) is 24.3 Å². The van der Waals surface area contributed by atoms with Crippen molar-refractivity contribution in [3.63, 3.8) is 0 Å². The molecule has 0 aliphatic rings. The highest BCUT2D eigenvalue weighted by Crippen LogP contribution is 2.47. The van der Waals surface area contributed by atoms with Gasteiger partial charge in [-0.15, -0.1) is 0 Å². The fourth-order valence-electron chi connectivity index (χ4n) is 11.4. The summed E-state index contributed by atoms with van der Waals surface area (Å²) in [4.78, 5) is 4.65. The van der Waals surface area contributed by atoms with Crippen LogP contribution in [0.4, 0.5) is 34.1 Å². The van der Waals surface area contributed by atoms with Crippen LogP contribution >= 0.6 is 0 Å². The van der Waals surface area contributed by atoms with Crippen molar-refractivity contribution in [1.82, 2.24) is 0 Å². The van der Waals surface area contributed by atoms with E-state index in [9.17, 15) is 0 Å². The molecule has 6 heteroatoms. The van der Waals surface area contributed by atoms with E-state index in [2.05, 4.69) is 207 Å². The first kappa shape index (κ1) is 40.6. The number of benzene rings is 11. The Bertz CT molecular complexity index is 4440. The number of fused-ring (bicyclic) bond motifs is 14. The second kappa shape index (κ2) is 15.1. The summed E-state index contributed by atoms with van der Waals surface area (Å²) < 4.78 is 26.3. The third kappa shape index (κ3) is 6.09. The molecule has 0 atom stereocenters. The second-order valence-corrected chi connectivity index (χ2v) is 19.5. The van der Waals surface area contributed by atoms with Crippen molar-refractivity contribution in [2.45, 2.75) is 27.7 Å². The predicted molar refractivity (Wildman–Crippen MR) is 299 cm³/mol. The maximum Gasteiger partial charge on any atom is 0.142 e. The van der Waals surface area contributed by atoms with Gasteiger partial charge in [-0.2, -0.15) is 0 Å². The first-order valence-electron chi connectivity index (χ1n) is 24.5. The number of hydrogen-bond donors (Lipinski definition) is 0. The van der Waals surface area contributed by atoms with Crippen LogP contribution in [0.15, 0.2) is 212 Å². The van der Waals surface area contributed by atoms with E-state index >= 15 is 0 Å². The first-order valence-corrected chi connectivity index (χ1v) is 24.5. The van der Waals surface area contributed by atoms with E-state index in [-0.39, 0.29) is 0 Å². The summed E-state index contributed by atoms with van der Waals surface area (Å²) in [5.74, 6) is 0. The van der Waals surface area contributed by atoms with Crippen molar-refractivity contribution >= 4 is 143 Å². The van der Waals surface area contributed by atoms with Gasteiger partial charge in [0.1, 0.15) is 44.7 Å². The molecule has 0 spiro atoms. The minimum atomic E-state index is 0.849. The molecular formula is C66H44N2O4. The molecule has 11 aromatic carbocycles. The number of rotatable bonds is 6. The highest BCUT2D eigenvalue weighted by atomic mass is 16.3. The molecule has 342 valence electrons. The smallest absolute Gasteiger partial charge is 0.142 e. The van der Waals surface area contributed by atoms with Gasteiger partial charge in [0.2, 0.25) is 0 Å². The monoisotopic (exact) mass is 928 g/mol. The lowest BCUT2D eigenvalue weighted by atomic mass is 9.96. The molecular weight excluding hydrogens is 885 g/mol. The highest BCUT2D eigenvalue weighted by molar-refractivity contribution is 6.22. The fraction of sp³-hybridized carbons (Fsp3) is 0.0606. The lowest BCUT2D eigenvalue weighted by Gasteiger charge is -2.26. The zero-order chi connectivity index (χ0) is 47.9. The zero-order valence-corrected chi connectivity index (χ0v) is 40.0. The van der Waals surface area contributed by atoms with Gasteiger partial charge >= 0.3 is 0 Å². The van der Waals surface area contributed by atoms with E-state index in [4.69, 9.17) is 17.7 Å². The Hall–Kier alpha value is -9.26. The zero-order valence-electron chi connectivity index (χ0n) is 40.0. The van der Waals surface area contributed by atoms with Crippen molar-refractivity contribution in [3.05, 3.63) is 216 Å². The van der Waals surface area contributed by atoms with Crippen LogP contribution in [-0.2, 0) is 0 Å². The van der Waals surface area contributed by atoms with Crippen LogP contribution in [0.2, 0.25) is 0 Å². The normalized spacial score (nSPS) is 12.2. The summed E-state index contributed by atoms with van der Waals surface area (Å²) in [5.41, 5.74) is 17.9. The Morgan fingerprint density at radius 2 is 0.653 bits per heavy atom. The molecule has 72 heavy (non-hydrogen) atoms. The van der Waals surface area contributed by atoms with Gasteiger partial charge in [-0.25, -0.2) is 0 Å². The van der Waals surface area contributed by atoms with Crippen molar-refractivity contribution in [1.29, 1.82) is 0 Å². The average Bonchev–Trinajstić information content (AvgIpc) is 4.18. The fourth-order valence-corrected chi connectivity index (χ4v) is 11.4. The van der Waals surface area contributed by atoms with Crippen molar-refractivity contribution in [2.24, 2.45) is 0 Å². The summed E-state index contributed by atoms with van der Waals surface area (Å²) in [7, 11) is 0. The van der Waals surface area contributed by atoms with E-state index in [0.717, 1.165) is 155 Å². The molecule has 4 heterocycles. The molecule has 0 N–H and O–H groups in total. The van der Waals surface area contributed by atoms with Gasteiger partial charge in [-0.05, 0) is 176 Å². The average molecular weight is 929 g/mol. The second-order valence-electron chi connectivity index (χ2n) is 19.5. The van der Waals surface area contributed by atoms with Gasteiger partial charge in [0.25, 0.3) is 0 Å². The number of anilines is 6. The Labute approximate surface area is 413 Å².